The van der Waals surface area contributed by atoms with E-state index in [4.69, 9.17) is 5.26 Å². The first-order valence-electron chi connectivity index (χ1n) is 8.82. The summed E-state index contributed by atoms with van der Waals surface area (Å²) in [7, 11) is 0. The van der Waals surface area contributed by atoms with E-state index in [0.717, 1.165) is 17.9 Å². The second kappa shape index (κ2) is 12.5. The van der Waals surface area contributed by atoms with Gasteiger partial charge < -0.3 is 0 Å². The molecular formula is C22H31N. The summed E-state index contributed by atoms with van der Waals surface area (Å²) in [5.41, 5.74) is 4.47. The van der Waals surface area contributed by atoms with Gasteiger partial charge in [0, 0.05) is 0 Å². The van der Waals surface area contributed by atoms with E-state index in [9.17, 15) is 0 Å². The second-order valence-corrected chi connectivity index (χ2v) is 5.10. The smallest absolute Gasteiger partial charge is 0.0991 e. The number of rotatable bonds is 4. The zero-order valence-corrected chi connectivity index (χ0v) is 15.6. The van der Waals surface area contributed by atoms with Gasteiger partial charge in [0.2, 0.25) is 0 Å². The largest absolute Gasteiger partial charge is 0.192 e. The monoisotopic (exact) mass is 309 g/mol. The topological polar surface area (TPSA) is 23.8 Å². The van der Waals surface area contributed by atoms with Gasteiger partial charge in [0.1, 0.15) is 0 Å². The lowest BCUT2D eigenvalue weighted by atomic mass is 9.96. The lowest BCUT2D eigenvalue weighted by Crippen LogP contribution is -1.97. The van der Waals surface area contributed by atoms with E-state index in [2.05, 4.69) is 44.2 Å². The summed E-state index contributed by atoms with van der Waals surface area (Å²) in [6, 6.07) is 18.6. The van der Waals surface area contributed by atoms with Crippen LogP contribution < -0.4 is 0 Å². The van der Waals surface area contributed by atoms with Gasteiger partial charge in [-0.1, -0.05) is 84.4 Å². The van der Waals surface area contributed by atoms with Crippen LogP contribution in [0.15, 0.2) is 48.5 Å². The third-order valence-corrected chi connectivity index (χ3v) is 3.58. The van der Waals surface area contributed by atoms with Crippen molar-refractivity contribution in [2.24, 2.45) is 5.92 Å². The van der Waals surface area contributed by atoms with Gasteiger partial charge in [-0.15, -0.1) is 0 Å². The quantitative estimate of drug-likeness (QED) is 0.604. The molecule has 0 amide bonds. The Bertz CT molecular complexity index is 558. The maximum absolute atomic E-state index is 8.79. The predicted molar refractivity (Wildman–Crippen MR) is 102 cm³/mol. The average molecular weight is 309 g/mol. The fraction of sp³-hybridized carbons (Fsp3) is 0.409. The second-order valence-electron chi connectivity index (χ2n) is 5.10. The van der Waals surface area contributed by atoms with Gasteiger partial charge in [0.05, 0.1) is 11.6 Å². The minimum atomic E-state index is 0.706. The Balaban J connectivity index is 0.00000112. The molecule has 1 heteroatoms. The first kappa shape index (κ1) is 20.9. The summed E-state index contributed by atoms with van der Waals surface area (Å²) in [6.45, 7) is 12.5. The van der Waals surface area contributed by atoms with Gasteiger partial charge in [-0.25, -0.2) is 0 Å². The van der Waals surface area contributed by atoms with Crippen molar-refractivity contribution >= 4 is 0 Å². The highest BCUT2D eigenvalue weighted by Crippen LogP contribution is 2.21. The van der Waals surface area contributed by atoms with Crippen LogP contribution in [0.5, 0.6) is 0 Å². The molecule has 0 heterocycles. The Kier molecular flexibility index (Phi) is 11.3. The van der Waals surface area contributed by atoms with Crippen molar-refractivity contribution in [3.63, 3.8) is 0 Å². The van der Waals surface area contributed by atoms with Gasteiger partial charge >= 0.3 is 0 Å². The lowest BCUT2D eigenvalue weighted by molar-refractivity contribution is 0.560. The molecule has 0 aliphatic heterocycles. The number of nitrogens with zero attached hydrogens (tertiary/aromatic N) is 1. The molecule has 1 atom stereocenters. The molecule has 2 aromatic carbocycles. The van der Waals surface area contributed by atoms with Crippen LogP contribution in [0.25, 0.3) is 11.1 Å². The summed E-state index contributed by atoms with van der Waals surface area (Å²) in [5, 5.41) is 8.79. The molecule has 23 heavy (non-hydrogen) atoms. The van der Waals surface area contributed by atoms with Crippen molar-refractivity contribution in [2.45, 2.75) is 54.4 Å². The maximum atomic E-state index is 8.79. The van der Waals surface area contributed by atoms with Crippen molar-refractivity contribution in [1.29, 1.82) is 5.26 Å². The molecule has 0 N–H and O–H groups in total. The Hall–Kier alpha value is -2.07. The van der Waals surface area contributed by atoms with Crippen LogP contribution in [-0.2, 0) is 6.42 Å². The third-order valence-electron chi connectivity index (χ3n) is 3.58. The van der Waals surface area contributed by atoms with Crippen LogP contribution in [0.2, 0.25) is 0 Å². The average Bonchev–Trinajstić information content (AvgIpc) is 2.65. The summed E-state index contributed by atoms with van der Waals surface area (Å²) in [4.78, 5) is 0. The molecule has 0 saturated heterocycles. The van der Waals surface area contributed by atoms with Crippen molar-refractivity contribution in [3.8, 4) is 17.2 Å². The molecule has 0 fully saturated rings. The molecule has 0 bridgehead atoms. The highest BCUT2D eigenvalue weighted by molar-refractivity contribution is 5.64. The Morgan fingerprint density at radius 1 is 0.826 bits per heavy atom. The zero-order valence-electron chi connectivity index (χ0n) is 15.6. The molecule has 0 aliphatic carbocycles. The van der Waals surface area contributed by atoms with Crippen molar-refractivity contribution in [3.05, 3.63) is 59.7 Å². The van der Waals surface area contributed by atoms with E-state index in [1.807, 2.05) is 52.0 Å². The molecule has 1 nitrogen and oxygen atoms in total. The fourth-order valence-corrected chi connectivity index (χ4v) is 2.12. The molecule has 0 aromatic heterocycles. The molecule has 1 unspecified atom stereocenters. The van der Waals surface area contributed by atoms with Crippen LogP contribution in [0, 0.1) is 17.2 Å². The highest BCUT2D eigenvalue weighted by atomic mass is 14.2. The third kappa shape index (κ3) is 7.15. The fourth-order valence-electron chi connectivity index (χ4n) is 2.12. The predicted octanol–water partition coefficient (Wildman–Crippen LogP) is 6.87. The van der Waals surface area contributed by atoms with Gasteiger partial charge in [-0.05, 0) is 41.2 Å². The van der Waals surface area contributed by atoms with E-state index in [1.54, 1.807) is 0 Å². The molecule has 124 valence electrons. The van der Waals surface area contributed by atoms with Gasteiger partial charge in [-0.2, -0.15) is 5.26 Å². The van der Waals surface area contributed by atoms with E-state index >= 15 is 0 Å². The van der Waals surface area contributed by atoms with Crippen LogP contribution >= 0.6 is 0 Å². The number of benzene rings is 2. The van der Waals surface area contributed by atoms with E-state index in [0.29, 0.717) is 5.56 Å². The van der Waals surface area contributed by atoms with Gasteiger partial charge in [-0.3, -0.25) is 0 Å². The molecule has 2 rings (SSSR count). The minimum absolute atomic E-state index is 0.706. The van der Waals surface area contributed by atoms with Crippen LogP contribution in [0.3, 0.4) is 0 Å². The zero-order chi connectivity index (χ0) is 17.7. The summed E-state index contributed by atoms with van der Waals surface area (Å²) < 4.78 is 0. The van der Waals surface area contributed by atoms with Crippen molar-refractivity contribution < 1.29 is 0 Å². The standard InChI is InChI=1S/C18H19N.2C2H6/c1-3-14(2)12-15-4-8-17(9-5-15)18-10-6-16(13-19)7-11-18;2*1-2/h4-11,14H,3,12H2,1-2H3;2*1-2H3. The van der Waals surface area contributed by atoms with Crippen molar-refractivity contribution in [1.82, 2.24) is 0 Å². The highest BCUT2D eigenvalue weighted by Gasteiger charge is 2.02. The Morgan fingerprint density at radius 3 is 1.65 bits per heavy atom. The molecule has 0 saturated carbocycles. The minimum Gasteiger partial charge on any atom is -0.192 e. The van der Waals surface area contributed by atoms with Gasteiger partial charge in [0.25, 0.3) is 0 Å². The maximum Gasteiger partial charge on any atom is 0.0991 e. The van der Waals surface area contributed by atoms with E-state index < -0.39 is 0 Å². The number of nitriles is 1. The summed E-state index contributed by atoms with van der Waals surface area (Å²) in [5.74, 6) is 0.737. The number of hydrogen-bond donors (Lipinski definition) is 0. The van der Waals surface area contributed by atoms with Crippen LogP contribution in [-0.4, -0.2) is 0 Å². The molecule has 0 radical (unpaired) electrons. The summed E-state index contributed by atoms with van der Waals surface area (Å²) in [6.07, 6.45) is 2.36. The first-order chi connectivity index (χ1) is 11.2. The Labute approximate surface area is 143 Å². The first-order valence-corrected chi connectivity index (χ1v) is 8.82. The van der Waals surface area contributed by atoms with E-state index in [-0.39, 0.29) is 0 Å². The summed E-state index contributed by atoms with van der Waals surface area (Å²) >= 11 is 0. The van der Waals surface area contributed by atoms with Gasteiger partial charge in [0.15, 0.2) is 0 Å². The molecule has 2 aromatic rings. The van der Waals surface area contributed by atoms with E-state index in [1.165, 1.54) is 17.5 Å². The molecular weight excluding hydrogens is 278 g/mol. The van der Waals surface area contributed by atoms with Crippen LogP contribution in [0.1, 0.15) is 59.1 Å². The SMILES string of the molecule is CC.CC.CCC(C)Cc1ccc(-c2ccc(C#N)cc2)cc1. The van der Waals surface area contributed by atoms with Crippen molar-refractivity contribution in [2.75, 3.05) is 0 Å². The lowest BCUT2D eigenvalue weighted by Gasteiger charge is -2.09. The number of hydrogen-bond acceptors (Lipinski definition) is 1. The normalized spacial score (nSPS) is 10.3. The molecule has 0 aliphatic rings. The Morgan fingerprint density at radius 2 is 1.26 bits per heavy atom. The van der Waals surface area contributed by atoms with Crippen LogP contribution in [0.4, 0.5) is 0 Å². The molecule has 0 spiro atoms.